The minimum Gasteiger partial charge on any atom is -0.467 e. The Morgan fingerprint density at radius 1 is 1.32 bits per heavy atom. The molecule has 1 aromatic carbocycles. The van der Waals surface area contributed by atoms with Gasteiger partial charge in [-0.1, -0.05) is 12.1 Å². The molecule has 114 valence electrons. The van der Waals surface area contributed by atoms with Crippen LogP contribution in [-0.4, -0.2) is 36.1 Å². The molecule has 0 radical (unpaired) electrons. The second-order valence-corrected chi connectivity index (χ2v) is 6.08. The lowest BCUT2D eigenvalue weighted by Crippen LogP contribution is -2.43. The molecule has 1 aromatic heterocycles. The van der Waals surface area contributed by atoms with Gasteiger partial charge in [-0.3, -0.25) is 9.59 Å². The first kappa shape index (κ1) is 14.7. The molecule has 0 aliphatic carbocycles. The summed E-state index contributed by atoms with van der Waals surface area (Å²) in [4.78, 5) is 28.7. The van der Waals surface area contributed by atoms with Crippen molar-refractivity contribution >= 4 is 29.3 Å². The molecule has 3 rings (SSSR count). The molecule has 0 unspecified atom stereocenters. The van der Waals surface area contributed by atoms with Crippen LogP contribution >= 0.6 is 11.8 Å². The summed E-state index contributed by atoms with van der Waals surface area (Å²) in [7, 11) is 1.71. The number of fused-ring (bicyclic) bond motifs is 1. The molecule has 0 bridgehead atoms. The summed E-state index contributed by atoms with van der Waals surface area (Å²) in [5.41, 5.74) is 0.809. The van der Waals surface area contributed by atoms with Crippen LogP contribution in [0, 0.1) is 0 Å². The average Bonchev–Trinajstić information content (AvgIpc) is 3.03. The molecular weight excluding hydrogens is 300 g/mol. The molecule has 0 saturated carbocycles. The standard InChI is InChI=1S/C16H16N2O3S/c1-17(9-12-5-4-8-21-12)15(19)10-18-13-6-2-3-7-14(13)22-11-16(18)20/h2-8H,9-11H2,1H3. The van der Waals surface area contributed by atoms with E-state index >= 15 is 0 Å². The first-order chi connectivity index (χ1) is 10.6. The molecule has 0 spiro atoms. The van der Waals surface area contributed by atoms with Crippen LogP contribution in [0.2, 0.25) is 0 Å². The molecule has 1 aliphatic rings. The molecule has 2 aromatic rings. The first-order valence-corrected chi connectivity index (χ1v) is 7.92. The van der Waals surface area contributed by atoms with E-state index in [0.717, 1.165) is 16.3 Å². The van der Waals surface area contributed by atoms with Crippen LogP contribution in [0.4, 0.5) is 5.69 Å². The predicted octanol–water partition coefficient (Wildman–Crippen LogP) is 2.38. The van der Waals surface area contributed by atoms with Gasteiger partial charge in [-0.15, -0.1) is 11.8 Å². The summed E-state index contributed by atoms with van der Waals surface area (Å²) in [5, 5.41) is 0. The topological polar surface area (TPSA) is 53.8 Å². The fraction of sp³-hybridized carbons (Fsp3) is 0.250. The molecule has 1 aliphatic heterocycles. The van der Waals surface area contributed by atoms with E-state index < -0.39 is 0 Å². The molecule has 5 nitrogen and oxygen atoms in total. The van der Waals surface area contributed by atoms with E-state index in [1.807, 2.05) is 30.3 Å². The minimum atomic E-state index is -0.119. The number of anilines is 1. The Balaban J connectivity index is 1.72. The monoisotopic (exact) mass is 316 g/mol. The highest BCUT2D eigenvalue weighted by molar-refractivity contribution is 8.00. The number of likely N-dealkylation sites (N-methyl/N-ethyl adjacent to an activating group) is 1. The van der Waals surface area contributed by atoms with E-state index in [1.54, 1.807) is 29.2 Å². The second-order valence-electron chi connectivity index (χ2n) is 5.07. The highest BCUT2D eigenvalue weighted by Gasteiger charge is 2.27. The van der Waals surface area contributed by atoms with Crippen LogP contribution in [0.3, 0.4) is 0 Å². The average molecular weight is 316 g/mol. The number of para-hydroxylation sites is 1. The van der Waals surface area contributed by atoms with E-state index in [-0.39, 0.29) is 18.4 Å². The van der Waals surface area contributed by atoms with Crippen molar-refractivity contribution in [3.05, 3.63) is 48.4 Å². The van der Waals surface area contributed by atoms with Gasteiger partial charge in [0.05, 0.1) is 24.2 Å². The Morgan fingerprint density at radius 2 is 2.14 bits per heavy atom. The van der Waals surface area contributed by atoms with Gasteiger partial charge in [-0.25, -0.2) is 0 Å². The van der Waals surface area contributed by atoms with E-state index in [4.69, 9.17) is 4.42 Å². The van der Waals surface area contributed by atoms with Gasteiger partial charge in [-0.05, 0) is 24.3 Å². The summed E-state index contributed by atoms with van der Waals surface area (Å²) < 4.78 is 5.24. The van der Waals surface area contributed by atoms with Gasteiger partial charge in [-0.2, -0.15) is 0 Å². The maximum atomic E-state index is 12.4. The number of carbonyl (C=O) groups excluding carboxylic acids is 2. The summed E-state index contributed by atoms with van der Waals surface area (Å²) in [6.07, 6.45) is 1.58. The normalized spacial score (nSPS) is 13.9. The number of furan rings is 1. The van der Waals surface area contributed by atoms with Crippen LogP contribution < -0.4 is 4.90 Å². The summed E-state index contributed by atoms with van der Waals surface area (Å²) >= 11 is 1.51. The van der Waals surface area contributed by atoms with Crippen molar-refractivity contribution < 1.29 is 14.0 Å². The zero-order valence-electron chi connectivity index (χ0n) is 12.2. The highest BCUT2D eigenvalue weighted by Crippen LogP contribution is 2.34. The van der Waals surface area contributed by atoms with E-state index in [0.29, 0.717) is 12.3 Å². The molecular formula is C16H16N2O3S. The second kappa shape index (κ2) is 6.27. The fourth-order valence-electron chi connectivity index (χ4n) is 2.31. The van der Waals surface area contributed by atoms with E-state index in [1.165, 1.54) is 11.8 Å². The van der Waals surface area contributed by atoms with Crippen molar-refractivity contribution in [2.75, 3.05) is 24.2 Å². The number of hydrogen-bond donors (Lipinski definition) is 0. The molecule has 0 saturated heterocycles. The van der Waals surface area contributed by atoms with Crippen LogP contribution in [-0.2, 0) is 16.1 Å². The van der Waals surface area contributed by atoms with Gasteiger partial charge < -0.3 is 14.2 Å². The lowest BCUT2D eigenvalue weighted by atomic mass is 10.2. The number of nitrogens with zero attached hydrogens (tertiary/aromatic N) is 2. The van der Waals surface area contributed by atoms with Gasteiger partial charge in [0, 0.05) is 11.9 Å². The van der Waals surface area contributed by atoms with Crippen molar-refractivity contribution in [2.45, 2.75) is 11.4 Å². The summed E-state index contributed by atoms with van der Waals surface area (Å²) in [6, 6.07) is 11.3. The Morgan fingerprint density at radius 3 is 2.91 bits per heavy atom. The molecule has 2 amide bonds. The molecule has 2 heterocycles. The third-order valence-corrected chi connectivity index (χ3v) is 4.55. The van der Waals surface area contributed by atoms with Gasteiger partial charge in [0.1, 0.15) is 12.3 Å². The lowest BCUT2D eigenvalue weighted by Gasteiger charge is -2.29. The lowest BCUT2D eigenvalue weighted by molar-refractivity contribution is -0.130. The van der Waals surface area contributed by atoms with Crippen molar-refractivity contribution in [3.63, 3.8) is 0 Å². The van der Waals surface area contributed by atoms with Gasteiger partial charge in [0.25, 0.3) is 0 Å². The zero-order chi connectivity index (χ0) is 15.5. The van der Waals surface area contributed by atoms with Crippen molar-refractivity contribution in [1.82, 2.24) is 4.90 Å². The third kappa shape index (κ3) is 3.01. The summed E-state index contributed by atoms with van der Waals surface area (Å²) in [5.74, 6) is 0.929. The van der Waals surface area contributed by atoms with Crippen LogP contribution in [0.25, 0.3) is 0 Å². The van der Waals surface area contributed by atoms with Crippen LogP contribution in [0.5, 0.6) is 0 Å². The maximum Gasteiger partial charge on any atom is 0.242 e. The van der Waals surface area contributed by atoms with Crippen molar-refractivity contribution in [2.24, 2.45) is 0 Å². The van der Waals surface area contributed by atoms with Gasteiger partial charge in [0.2, 0.25) is 11.8 Å². The number of amides is 2. The third-order valence-electron chi connectivity index (χ3n) is 3.50. The Labute approximate surface area is 132 Å². The number of rotatable bonds is 4. The fourth-order valence-corrected chi connectivity index (χ4v) is 3.24. The quantitative estimate of drug-likeness (QED) is 0.869. The number of hydrogen-bond acceptors (Lipinski definition) is 4. The Hall–Kier alpha value is -2.21. The van der Waals surface area contributed by atoms with Crippen molar-refractivity contribution in [1.29, 1.82) is 0 Å². The first-order valence-electron chi connectivity index (χ1n) is 6.93. The van der Waals surface area contributed by atoms with Crippen molar-refractivity contribution in [3.8, 4) is 0 Å². The van der Waals surface area contributed by atoms with E-state index in [9.17, 15) is 9.59 Å². The number of benzene rings is 1. The molecule has 0 atom stereocenters. The zero-order valence-corrected chi connectivity index (χ0v) is 13.0. The van der Waals surface area contributed by atoms with Gasteiger partial charge in [0.15, 0.2) is 0 Å². The number of carbonyl (C=O) groups is 2. The van der Waals surface area contributed by atoms with E-state index in [2.05, 4.69) is 0 Å². The van der Waals surface area contributed by atoms with Gasteiger partial charge >= 0.3 is 0 Å². The number of thioether (sulfide) groups is 1. The van der Waals surface area contributed by atoms with Crippen LogP contribution in [0.15, 0.2) is 52.0 Å². The smallest absolute Gasteiger partial charge is 0.242 e. The summed E-state index contributed by atoms with van der Waals surface area (Å²) in [6.45, 7) is 0.442. The SMILES string of the molecule is CN(Cc1ccco1)C(=O)CN1C(=O)CSc2ccccc21. The predicted molar refractivity (Wildman–Crippen MR) is 84.7 cm³/mol. The molecule has 0 fully saturated rings. The minimum absolute atomic E-state index is 0.0385. The molecule has 6 heteroatoms. The maximum absolute atomic E-state index is 12.4. The Bertz CT molecular complexity index is 684. The van der Waals surface area contributed by atoms with Crippen LogP contribution in [0.1, 0.15) is 5.76 Å². The molecule has 0 N–H and O–H groups in total. The largest absolute Gasteiger partial charge is 0.467 e. The highest BCUT2D eigenvalue weighted by atomic mass is 32.2. The molecule has 22 heavy (non-hydrogen) atoms. The Kier molecular flexibility index (Phi) is 4.20.